The molecule has 0 atom stereocenters. The predicted molar refractivity (Wildman–Crippen MR) is 339 cm³/mol. The molecule has 0 N–H and O–H groups in total. The molecule has 7 rings (SSSR count). The van der Waals surface area contributed by atoms with Crippen molar-refractivity contribution in [1.82, 2.24) is 4.57 Å². The number of carbonyl (C=O) groups excluding carboxylic acids is 1. The van der Waals surface area contributed by atoms with Crippen molar-refractivity contribution in [3.8, 4) is 51.2 Å². The van der Waals surface area contributed by atoms with Gasteiger partial charge in [0.05, 0.1) is 31.3 Å². The van der Waals surface area contributed by atoms with Gasteiger partial charge < -0.3 is 23.9 Å². The van der Waals surface area contributed by atoms with E-state index < -0.39 is 17.7 Å². The SMILES string of the molecule is CCCCCCCCc1cc(-c2sc(-c3sc(-c4sc(/C=C(/C(=O)[O-])C(F)(F)F)cc4CCCCCCCC)cc3CCCCCCCC)cc2CCCCCCCC)sc1-c1ccc2c(c1)c1cc(OC)cc(OC)c1n2CC.[K+]. The second-order valence-electron chi connectivity index (χ2n) is 22.0. The number of alkyl halides is 3. The van der Waals surface area contributed by atoms with Crippen molar-refractivity contribution in [2.75, 3.05) is 14.2 Å². The van der Waals surface area contributed by atoms with Crippen LogP contribution in [0.4, 0.5) is 13.2 Å². The average Bonchev–Trinajstić information content (AvgIpc) is 4.43. The number of unbranched alkanes of at least 4 members (excludes halogenated alkanes) is 20. The summed E-state index contributed by atoms with van der Waals surface area (Å²) < 4.78 is 56.4. The third-order valence-electron chi connectivity index (χ3n) is 15.9. The van der Waals surface area contributed by atoms with Gasteiger partial charge in [0.15, 0.2) is 0 Å². The second kappa shape index (κ2) is 34.4. The molecule has 0 saturated carbocycles. The van der Waals surface area contributed by atoms with Crippen molar-refractivity contribution in [2.24, 2.45) is 0 Å². The number of aliphatic carboxylic acids is 1. The van der Waals surface area contributed by atoms with Gasteiger partial charge in [-0.05, 0) is 135 Å². The summed E-state index contributed by atoms with van der Waals surface area (Å²) in [6.07, 6.45) is 27.8. The Bertz CT molecular complexity index is 3080. The van der Waals surface area contributed by atoms with Crippen molar-refractivity contribution in [3.63, 3.8) is 0 Å². The largest absolute Gasteiger partial charge is 1.00 e. The molecule has 5 nitrogen and oxygen atoms in total. The molecule has 0 unspecified atom stereocenters. The summed E-state index contributed by atoms with van der Waals surface area (Å²) in [6, 6.07) is 20.3. The Kier molecular flexibility index (Phi) is 28.6. The van der Waals surface area contributed by atoms with Gasteiger partial charge in [-0.2, -0.15) is 13.2 Å². The van der Waals surface area contributed by atoms with Gasteiger partial charge >= 0.3 is 57.6 Å². The summed E-state index contributed by atoms with van der Waals surface area (Å²) in [7, 11) is 3.45. The molecule has 0 aliphatic heterocycles. The van der Waals surface area contributed by atoms with Crippen LogP contribution < -0.4 is 66.0 Å². The maximum atomic E-state index is 14.1. The molecule has 7 aromatic rings. The monoisotopic (exact) mass is 1210 g/mol. The number of benzene rings is 2. The molecular formula is C68H89F3KNO4S4. The van der Waals surface area contributed by atoms with Crippen molar-refractivity contribution >= 4 is 79.2 Å². The van der Waals surface area contributed by atoms with Crippen LogP contribution in [-0.2, 0) is 37.0 Å². The topological polar surface area (TPSA) is 63.5 Å². The van der Waals surface area contributed by atoms with E-state index >= 15 is 0 Å². The fraction of sp³-hybridized carbons (Fsp3) is 0.544. The molecule has 5 heterocycles. The van der Waals surface area contributed by atoms with Crippen LogP contribution in [0, 0.1) is 0 Å². The van der Waals surface area contributed by atoms with E-state index in [2.05, 4.69) is 81.7 Å². The average molecular weight is 1210 g/mol. The summed E-state index contributed by atoms with van der Waals surface area (Å²) in [5, 5.41) is 14.2. The smallest absolute Gasteiger partial charge is 0.545 e. The summed E-state index contributed by atoms with van der Waals surface area (Å²) in [6.45, 7) is 12.0. The molecule has 0 bridgehead atoms. The Hall–Kier alpha value is -2.72. The number of nitrogens with zero attached hydrogens (tertiary/aromatic N) is 1. The number of hydrogen-bond donors (Lipinski definition) is 0. The van der Waals surface area contributed by atoms with Crippen LogP contribution in [0.15, 0.2) is 60.2 Å². The van der Waals surface area contributed by atoms with Gasteiger partial charge in [-0.3, -0.25) is 0 Å². The first-order valence-electron chi connectivity index (χ1n) is 30.6. The third-order valence-corrected chi connectivity index (χ3v) is 21.1. The summed E-state index contributed by atoms with van der Waals surface area (Å²) in [4.78, 5) is 20.7. The first kappa shape index (κ1) is 67.4. The Morgan fingerprint density at radius 2 is 0.938 bits per heavy atom. The first-order valence-corrected chi connectivity index (χ1v) is 33.8. The number of fused-ring (bicyclic) bond motifs is 3. The number of methoxy groups -OCH3 is 2. The Balaban J connectivity index is 0.0000106. The first-order chi connectivity index (χ1) is 38.9. The van der Waals surface area contributed by atoms with Crippen molar-refractivity contribution in [1.29, 1.82) is 0 Å². The maximum absolute atomic E-state index is 14.1. The quantitative estimate of drug-likeness (QED) is 0.0221. The Labute approximate surface area is 542 Å². The minimum Gasteiger partial charge on any atom is -0.545 e. The molecule has 0 radical (unpaired) electrons. The van der Waals surface area contributed by atoms with E-state index in [9.17, 15) is 23.1 Å². The van der Waals surface area contributed by atoms with E-state index in [1.54, 1.807) is 31.6 Å². The summed E-state index contributed by atoms with van der Waals surface area (Å²) in [5.74, 6) is -0.625. The van der Waals surface area contributed by atoms with E-state index in [0.29, 0.717) is 4.88 Å². The van der Waals surface area contributed by atoms with E-state index in [4.69, 9.17) is 9.47 Å². The Morgan fingerprint density at radius 1 is 0.519 bits per heavy atom. The molecule has 5 aromatic heterocycles. The number of aromatic nitrogens is 1. The number of hydrogen-bond acceptors (Lipinski definition) is 8. The van der Waals surface area contributed by atoms with Crippen LogP contribution in [0.1, 0.15) is 216 Å². The van der Waals surface area contributed by atoms with Crippen LogP contribution in [0.3, 0.4) is 0 Å². The molecule has 436 valence electrons. The number of carboxylic acid groups (broad SMARTS) is 1. The molecule has 13 heteroatoms. The molecule has 2 aromatic carbocycles. The number of carbonyl (C=O) groups is 1. The van der Waals surface area contributed by atoms with Crippen molar-refractivity contribution in [2.45, 2.75) is 227 Å². The second-order valence-corrected chi connectivity index (χ2v) is 26.3. The molecule has 0 aliphatic carbocycles. The van der Waals surface area contributed by atoms with E-state index in [1.165, 1.54) is 172 Å². The Morgan fingerprint density at radius 3 is 1.36 bits per heavy atom. The number of thiophene rings is 4. The van der Waals surface area contributed by atoms with Crippen molar-refractivity contribution < 1.29 is 83.9 Å². The van der Waals surface area contributed by atoms with Gasteiger partial charge in [-0.25, -0.2) is 0 Å². The van der Waals surface area contributed by atoms with E-state index in [1.807, 2.05) is 28.7 Å². The number of ether oxygens (including phenoxy) is 2. The van der Waals surface area contributed by atoms with Crippen LogP contribution in [0.2, 0.25) is 0 Å². The van der Waals surface area contributed by atoms with Gasteiger partial charge in [0.25, 0.3) is 0 Å². The van der Waals surface area contributed by atoms with Gasteiger partial charge in [-0.15, -0.1) is 45.3 Å². The summed E-state index contributed by atoms with van der Waals surface area (Å²) >= 11 is 6.90. The minimum atomic E-state index is -5.03. The zero-order chi connectivity index (χ0) is 57.0. The maximum Gasteiger partial charge on any atom is 1.00 e. The van der Waals surface area contributed by atoms with Gasteiger partial charge in [0, 0.05) is 67.9 Å². The third kappa shape index (κ3) is 18.4. The van der Waals surface area contributed by atoms with Gasteiger partial charge in [-0.1, -0.05) is 162 Å². The number of carboxylic acids is 1. The van der Waals surface area contributed by atoms with Crippen LogP contribution in [-0.4, -0.2) is 30.9 Å². The van der Waals surface area contributed by atoms with Gasteiger partial charge in [0.1, 0.15) is 11.5 Å². The van der Waals surface area contributed by atoms with Crippen LogP contribution in [0.5, 0.6) is 11.5 Å². The molecule has 0 amide bonds. The molecule has 0 saturated heterocycles. The molecular weight excluding hydrogens is 1120 g/mol. The molecule has 0 spiro atoms. The fourth-order valence-corrected chi connectivity index (χ4v) is 16.6. The zero-order valence-corrected chi connectivity index (χ0v) is 56.5. The number of halogens is 3. The number of aryl methyl sites for hydroxylation is 5. The van der Waals surface area contributed by atoms with Crippen LogP contribution >= 0.6 is 45.3 Å². The molecule has 0 fully saturated rings. The summed E-state index contributed by atoms with van der Waals surface area (Å²) in [5.41, 5.74) is 6.94. The van der Waals surface area contributed by atoms with Gasteiger partial charge in [0.2, 0.25) is 0 Å². The standard InChI is InChI=1S/C68H90F3NO4S4.K/c1-8-13-17-21-25-29-33-47-39-53(46-56(67(73)74)68(69,70)71)77-64(47)59-42-49(35-31-27-23-19-15-10-3)66(79-59)61-43-50(36-32-28-24-20-16-11-4)65(80-61)60-41-48(34-30-26-22-18-14-9-2)63(78-60)51-37-38-57-54(40-51)55-44-52(75-6)45-58(76-7)62(55)72(57)12-5;/h37-46H,8-36H2,1-7H3,(H,73,74);/q;+1/p-1/b56-46-;. The molecule has 0 aliphatic rings. The minimum absolute atomic E-state index is 0. The molecule has 81 heavy (non-hydrogen) atoms. The fourth-order valence-electron chi connectivity index (χ4n) is 11.5. The predicted octanol–water partition coefficient (Wildman–Crippen LogP) is 19.1. The van der Waals surface area contributed by atoms with Crippen molar-refractivity contribution in [3.05, 3.63) is 87.3 Å². The zero-order valence-electron chi connectivity index (χ0n) is 50.1. The number of rotatable bonds is 37. The normalized spacial score (nSPS) is 12.1. The van der Waals surface area contributed by atoms with Crippen LogP contribution in [0.25, 0.3) is 67.6 Å². The van der Waals surface area contributed by atoms with E-state index in [-0.39, 0.29) is 51.4 Å². The van der Waals surface area contributed by atoms with E-state index in [0.717, 1.165) is 127 Å².